The first-order valence-electron chi connectivity index (χ1n) is 8.85. The van der Waals surface area contributed by atoms with Crippen molar-refractivity contribution in [2.75, 3.05) is 6.61 Å². The van der Waals surface area contributed by atoms with Crippen LogP contribution in [0.4, 0.5) is 0 Å². The highest BCUT2D eigenvalue weighted by atomic mass is 16.7. The molecule has 1 aromatic rings. The van der Waals surface area contributed by atoms with Crippen LogP contribution in [0.3, 0.4) is 0 Å². The van der Waals surface area contributed by atoms with E-state index in [-0.39, 0.29) is 6.61 Å². The van der Waals surface area contributed by atoms with Gasteiger partial charge in [0.25, 0.3) is 0 Å². The van der Waals surface area contributed by atoms with Gasteiger partial charge in [0.15, 0.2) is 18.5 Å². The highest BCUT2D eigenvalue weighted by Crippen LogP contribution is 2.28. The fraction of sp³-hybridized carbons (Fsp3) is 0.526. The summed E-state index contributed by atoms with van der Waals surface area (Å²) in [5, 5.41) is 12.3. The first kappa shape index (κ1) is 21.8. The number of hydrogen-bond donors (Lipinski definition) is 2. The molecule has 1 saturated heterocycles. The first-order valence-corrected chi connectivity index (χ1v) is 8.85. The average Bonchev–Trinajstić information content (AvgIpc) is 2.63. The van der Waals surface area contributed by atoms with Crippen molar-refractivity contribution in [1.82, 2.24) is 5.32 Å². The Balaban J connectivity index is 2.29. The standard InChI is InChI=1S/C19H25NO8/c1-11(22)20-16-18(27-13(3)24)17(26-12(2)23)15(9-21)28-19(16)25-10-14-7-5-4-6-8-14/h4-8,15-19,21H,9-10H2,1-3H3,(H,20,22)/t15?,16?,17-,18?,19+/m1/s1. The zero-order valence-electron chi connectivity index (χ0n) is 16.0. The normalized spacial score (nSPS) is 26.9. The number of aliphatic hydroxyl groups excluding tert-OH is 1. The number of aliphatic hydroxyl groups is 1. The van der Waals surface area contributed by atoms with Crippen molar-refractivity contribution in [2.45, 2.75) is 58.0 Å². The third kappa shape index (κ3) is 6.01. The number of carbonyl (C=O) groups is 3. The number of nitrogens with one attached hydrogen (secondary N) is 1. The number of benzene rings is 1. The molecule has 1 aromatic carbocycles. The molecule has 1 heterocycles. The third-order valence-electron chi connectivity index (χ3n) is 4.06. The lowest BCUT2D eigenvalue weighted by molar-refractivity contribution is -0.279. The van der Waals surface area contributed by atoms with E-state index in [1.165, 1.54) is 20.8 Å². The van der Waals surface area contributed by atoms with Crippen LogP contribution in [-0.4, -0.2) is 60.2 Å². The molecule has 0 aromatic heterocycles. The van der Waals surface area contributed by atoms with Gasteiger partial charge in [-0.15, -0.1) is 0 Å². The predicted molar refractivity (Wildman–Crippen MR) is 95.7 cm³/mol. The molecule has 9 heteroatoms. The molecule has 1 aliphatic rings. The average molecular weight is 395 g/mol. The third-order valence-corrected chi connectivity index (χ3v) is 4.06. The Bertz CT molecular complexity index is 680. The smallest absolute Gasteiger partial charge is 0.303 e. The maximum atomic E-state index is 11.7. The summed E-state index contributed by atoms with van der Waals surface area (Å²) in [5.41, 5.74) is 0.861. The van der Waals surface area contributed by atoms with Crippen molar-refractivity contribution in [2.24, 2.45) is 0 Å². The monoisotopic (exact) mass is 395 g/mol. The minimum Gasteiger partial charge on any atom is -0.456 e. The fourth-order valence-corrected chi connectivity index (χ4v) is 3.00. The molecule has 154 valence electrons. The molecule has 2 N–H and O–H groups in total. The number of rotatable bonds is 7. The number of carbonyl (C=O) groups excluding carboxylic acids is 3. The van der Waals surface area contributed by atoms with E-state index in [4.69, 9.17) is 18.9 Å². The van der Waals surface area contributed by atoms with Gasteiger partial charge in [0, 0.05) is 20.8 Å². The molecule has 0 saturated carbocycles. The summed E-state index contributed by atoms with van der Waals surface area (Å²) in [5.74, 6) is -1.70. The second-order valence-corrected chi connectivity index (χ2v) is 6.40. The van der Waals surface area contributed by atoms with Gasteiger partial charge in [-0.1, -0.05) is 30.3 Å². The summed E-state index contributed by atoms with van der Waals surface area (Å²) in [6.45, 7) is 3.32. The zero-order chi connectivity index (χ0) is 20.7. The lowest BCUT2D eigenvalue weighted by Crippen LogP contribution is -2.66. The SMILES string of the molecule is CC(=O)NC1C(OC(C)=O)[C@H](OC(C)=O)C(CO)O[C@@H]1OCc1ccccc1. The number of esters is 2. The quantitative estimate of drug-likeness (QED) is 0.632. The van der Waals surface area contributed by atoms with E-state index < -0.39 is 55.1 Å². The van der Waals surface area contributed by atoms with Crippen LogP contribution >= 0.6 is 0 Å². The van der Waals surface area contributed by atoms with Crippen molar-refractivity contribution in [3.8, 4) is 0 Å². The van der Waals surface area contributed by atoms with E-state index in [1.807, 2.05) is 30.3 Å². The van der Waals surface area contributed by atoms with Gasteiger partial charge in [-0.2, -0.15) is 0 Å². The second kappa shape index (κ2) is 10.2. The highest BCUT2D eigenvalue weighted by Gasteiger charge is 2.50. The van der Waals surface area contributed by atoms with Gasteiger partial charge in [-0.3, -0.25) is 14.4 Å². The van der Waals surface area contributed by atoms with Crippen LogP contribution in [-0.2, 0) is 39.9 Å². The summed E-state index contributed by atoms with van der Waals surface area (Å²) in [4.78, 5) is 34.9. The molecular formula is C19H25NO8. The summed E-state index contributed by atoms with van der Waals surface area (Å²) in [6, 6.07) is 8.32. The van der Waals surface area contributed by atoms with Crippen LogP contribution in [0.2, 0.25) is 0 Å². The van der Waals surface area contributed by atoms with Crippen LogP contribution in [0.15, 0.2) is 30.3 Å². The fourth-order valence-electron chi connectivity index (χ4n) is 3.00. The summed E-state index contributed by atoms with van der Waals surface area (Å²) in [6.07, 6.45) is -4.26. The molecular weight excluding hydrogens is 370 g/mol. The van der Waals surface area contributed by atoms with Crippen LogP contribution < -0.4 is 5.32 Å². The van der Waals surface area contributed by atoms with Crippen LogP contribution in [0, 0.1) is 0 Å². The summed E-state index contributed by atoms with van der Waals surface area (Å²) in [7, 11) is 0. The largest absolute Gasteiger partial charge is 0.456 e. The Morgan fingerprint density at radius 1 is 1.04 bits per heavy atom. The molecule has 0 bridgehead atoms. The van der Waals surface area contributed by atoms with Crippen molar-refractivity contribution in [3.63, 3.8) is 0 Å². The lowest BCUT2D eigenvalue weighted by Gasteiger charge is -2.44. The Morgan fingerprint density at radius 3 is 2.18 bits per heavy atom. The molecule has 1 aliphatic heterocycles. The van der Waals surface area contributed by atoms with Gasteiger partial charge < -0.3 is 29.4 Å². The van der Waals surface area contributed by atoms with Gasteiger partial charge in [0.1, 0.15) is 12.1 Å². The van der Waals surface area contributed by atoms with Crippen LogP contribution in [0.25, 0.3) is 0 Å². The van der Waals surface area contributed by atoms with E-state index >= 15 is 0 Å². The van der Waals surface area contributed by atoms with Crippen LogP contribution in [0.5, 0.6) is 0 Å². The van der Waals surface area contributed by atoms with E-state index in [2.05, 4.69) is 5.32 Å². The van der Waals surface area contributed by atoms with Crippen molar-refractivity contribution >= 4 is 17.8 Å². The summed E-state index contributed by atoms with van der Waals surface area (Å²) < 4.78 is 22.1. The maximum Gasteiger partial charge on any atom is 0.303 e. The molecule has 1 fully saturated rings. The predicted octanol–water partition coefficient (Wildman–Crippen LogP) is 0.289. The van der Waals surface area contributed by atoms with Crippen molar-refractivity contribution < 1.29 is 38.4 Å². The van der Waals surface area contributed by atoms with Gasteiger partial charge in [-0.25, -0.2) is 0 Å². The molecule has 3 unspecified atom stereocenters. The number of hydrogen-bond acceptors (Lipinski definition) is 8. The molecule has 1 amide bonds. The van der Waals surface area contributed by atoms with E-state index in [0.717, 1.165) is 5.56 Å². The molecule has 5 atom stereocenters. The van der Waals surface area contributed by atoms with Gasteiger partial charge in [0.05, 0.1) is 13.2 Å². The Morgan fingerprint density at radius 2 is 1.64 bits per heavy atom. The second-order valence-electron chi connectivity index (χ2n) is 6.40. The minimum atomic E-state index is -1.11. The molecule has 2 rings (SSSR count). The maximum absolute atomic E-state index is 11.7. The van der Waals surface area contributed by atoms with Crippen molar-refractivity contribution in [3.05, 3.63) is 35.9 Å². The topological polar surface area (TPSA) is 120 Å². The van der Waals surface area contributed by atoms with E-state index in [0.29, 0.717) is 0 Å². The van der Waals surface area contributed by atoms with E-state index in [9.17, 15) is 19.5 Å². The van der Waals surface area contributed by atoms with Gasteiger partial charge in [-0.05, 0) is 5.56 Å². The lowest BCUT2D eigenvalue weighted by atomic mass is 9.96. The minimum absolute atomic E-state index is 0.158. The van der Waals surface area contributed by atoms with Gasteiger partial charge in [0.2, 0.25) is 5.91 Å². The highest BCUT2D eigenvalue weighted by molar-refractivity contribution is 5.73. The Labute approximate surface area is 162 Å². The van der Waals surface area contributed by atoms with E-state index in [1.54, 1.807) is 0 Å². The molecule has 0 radical (unpaired) electrons. The van der Waals surface area contributed by atoms with Crippen LogP contribution in [0.1, 0.15) is 26.3 Å². The number of ether oxygens (including phenoxy) is 4. The Hall–Kier alpha value is -2.49. The number of amides is 1. The Kier molecular flexibility index (Phi) is 7.91. The molecule has 28 heavy (non-hydrogen) atoms. The summed E-state index contributed by atoms with van der Waals surface area (Å²) >= 11 is 0. The molecule has 0 aliphatic carbocycles. The molecule has 9 nitrogen and oxygen atoms in total. The first-order chi connectivity index (χ1) is 13.3. The zero-order valence-corrected chi connectivity index (χ0v) is 16.0. The van der Waals surface area contributed by atoms with Gasteiger partial charge >= 0.3 is 11.9 Å². The molecule has 0 spiro atoms. The van der Waals surface area contributed by atoms with Crippen molar-refractivity contribution in [1.29, 1.82) is 0 Å².